The van der Waals surface area contributed by atoms with E-state index in [1.165, 1.54) is 88.2 Å². The summed E-state index contributed by atoms with van der Waals surface area (Å²) in [5.41, 5.74) is 15.6. The van der Waals surface area contributed by atoms with Crippen LogP contribution in [0.4, 0.5) is 0 Å². The summed E-state index contributed by atoms with van der Waals surface area (Å²) in [6, 6.07) is 54.6. The van der Waals surface area contributed by atoms with E-state index < -0.39 is 0 Å². The van der Waals surface area contributed by atoms with Crippen LogP contribution in [-0.4, -0.2) is 4.57 Å². The zero-order valence-electron chi connectivity index (χ0n) is 23.8. The second-order valence-electron chi connectivity index (χ2n) is 12.2. The Kier molecular flexibility index (Phi) is 4.38. The fraction of sp³-hybridized carbons (Fsp3) is 0.0476. The average molecular weight is 546 g/mol. The fourth-order valence-corrected chi connectivity index (χ4v) is 8.34. The van der Waals surface area contributed by atoms with Gasteiger partial charge in [-0.3, -0.25) is 0 Å². The largest absolute Gasteiger partial charge is 0.344 e. The predicted molar refractivity (Wildman–Crippen MR) is 180 cm³/mol. The smallest absolute Gasteiger partial charge is 0.0725 e. The third kappa shape index (κ3) is 2.82. The first-order chi connectivity index (χ1) is 21.2. The summed E-state index contributed by atoms with van der Waals surface area (Å²) in [6.45, 7) is 0. The monoisotopic (exact) mass is 545 g/mol. The molecule has 0 saturated carbocycles. The van der Waals surface area contributed by atoms with Gasteiger partial charge in [-0.2, -0.15) is 0 Å². The van der Waals surface area contributed by atoms with Gasteiger partial charge in [0.05, 0.1) is 5.41 Å². The van der Waals surface area contributed by atoms with Gasteiger partial charge < -0.3 is 4.57 Å². The maximum atomic E-state index is 2.48. The van der Waals surface area contributed by atoms with Crippen molar-refractivity contribution in [1.82, 2.24) is 4.57 Å². The lowest BCUT2D eigenvalue weighted by molar-refractivity contribution is 0.794. The van der Waals surface area contributed by atoms with Crippen LogP contribution in [0.5, 0.6) is 0 Å². The first-order valence-corrected chi connectivity index (χ1v) is 15.1. The maximum absolute atomic E-state index is 2.48. The van der Waals surface area contributed by atoms with Gasteiger partial charge in [0.1, 0.15) is 0 Å². The molecule has 0 unspecified atom stereocenters. The van der Waals surface area contributed by atoms with Gasteiger partial charge in [0, 0.05) is 28.9 Å². The first kappa shape index (κ1) is 23.2. The van der Waals surface area contributed by atoms with Crippen LogP contribution in [-0.2, 0) is 12.5 Å². The lowest BCUT2D eigenvalue weighted by Crippen LogP contribution is -2.25. The Morgan fingerprint density at radius 2 is 0.884 bits per heavy atom. The molecule has 200 valence electrons. The summed E-state index contributed by atoms with van der Waals surface area (Å²) in [5.74, 6) is 0. The third-order valence-corrected chi connectivity index (χ3v) is 10.2. The lowest BCUT2D eigenvalue weighted by Gasteiger charge is -2.30. The summed E-state index contributed by atoms with van der Waals surface area (Å²) in [7, 11) is 2.20. The van der Waals surface area contributed by atoms with Crippen molar-refractivity contribution in [2.75, 3.05) is 0 Å². The van der Waals surface area contributed by atoms with Crippen LogP contribution in [0.1, 0.15) is 22.3 Å². The number of nitrogens with zero attached hydrogens (tertiary/aromatic N) is 1. The Bertz CT molecular complexity index is 2410. The first-order valence-electron chi connectivity index (χ1n) is 15.1. The molecular weight excluding hydrogens is 518 g/mol. The van der Waals surface area contributed by atoms with E-state index >= 15 is 0 Å². The van der Waals surface area contributed by atoms with Crippen LogP contribution >= 0.6 is 0 Å². The van der Waals surface area contributed by atoms with Gasteiger partial charge in [0.2, 0.25) is 0 Å². The highest BCUT2D eigenvalue weighted by Crippen LogP contribution is 2.63. The fourth-order valence-electron chi connectivity index (χ4n) is 8.34. The summed E-state index contributed by atoms with van der Waals surface area (Å²) >= 11 is 0. The molecule has 10 rings (SSSR count). The Balaban J connectivity index is 1.24. The van der Waals surface area contributed by atoms with E-state index in [1.807, 2.05) is 0 Å². The molecule has 0 aliphatic heterocycles. The Hall–Kier alpha value is -5.40. The molecule has 43 heavy (non-hydrogen) atoms. The molecule has 1 aromatic heterocycles. The summed E-state index contributed by atoms with van der Waals surface area (Å²) in [6.07, 6.45) is 0. The topological polar surface area (TPSA) is 4.93 Å². The number of fused-ring (bicyclic) bond motifs is 14. The Morgan fingerprint density at radius 1 is 0.395 bits per heavy atom. The second-order valence-corrected chi connectivity index (χ2v) is 12.2. The molecule has 0 atom stereocenters. The zero-order chi connectivity index (χ0) is 28.3. The normalized spacial score (nSPS) is 13.9. The summed E-state index contributed by atoms with van der Waals surface area (Å²) < 4.78 is 2.36. The van der Waals surface area contributed by atoms with Crippen molar-refractivity contribution in [3.05, 3.63) is 168 Å². The number of hydrogen-bond donors (Lipinski definition) is 0. The molecule has 2 aliphatic rings. The Labute approximate surface area is 250 Å². The second kappa shape index (κ2) is 8.12. The van der Waals surface area contributed by atoms with E-state index in [-0.39, 0.29) is 5.41 Å². The van der Waals surface area contributed by atoms with Gasteiger partial charge in [-0.25, -0.2) is 0 Å². The molecular formula is C42H27N. The van der Waals surface area contributed by atoms with E-state index in [1.54, 1.807) is 0 Å². The minimum atomic E-state index is -0.320. The number of aryl methyl sites for hydroxylation is 1. The average Bonchev–Trinajstić information content (AvgIpc) is 3.64. The zero-order valence-corrected chi connectivity index (χ0v) is 23.8. The third-order valence-electron chi connectivity index (χ3n) is 10.2. The van der Waals surface area contributed by atoms with Crippen molar-refractivity contribution in [3.63, 3.8) is 0 Å². The SMILES string of the molecule is Cn1c2cc(-c3ccc4c(c3)C3(c5ccccc5-c5ccccc53)c3ccccc3-4)ccc2c2cc3ccccc3cc21. The van der Waals surface area contributed by atoms with Crippen LogP contribution < -0.4 is 0 Å². The van der Waals surface area contributed by atoms with Gasteiger partial charge in [-0.1, -0.05) is 121 Å². The summed E-state index contributed by atoms with van der Waals surface area (Å²) in [4.78, 5) is 0. The van der Waals surface area contributed by atoms with Crippen LogP contribution in [0.25, 0.3) is 66.0 Å². The molecule has 0 amide bonds. The van der Waals surface area contributed by atoms with Crippen molar-refractivity contribution in [2.45, 2.75) is 5.41 Å². The molecule has 1 heterocycles. The van der Waals surface area contributed by atoms with Gasteiger partial charge >= 0.3 is 0 Å². The molecule has 1 nitrogen and oxygen atoms in total. The molecule has 0 saturated heterocycles. The van der Waals surface area contributed by atoms with Crippen LogP contribution in [0.2, 0.25) is 0 Å². The van der Waals surface area contributed by atoms with E-state index in [4.69, 9.17) is 0 Å². The van der Waals surface area contributed by atoms with Crippen molar-refractivity contribution < 1.29 is 0 Å². The number of hydrogen-bond acceptors (Lipinski definition) is 0. The quantitative estimate of drug-likeness (QED) is 0.193. The standard InChI is InChI=1S/C42H27N/c1-43-40-25-29(19-21-34(40)35-22-26-10-2-3-11-27(26)24-41(35)43)28-18-20-33-32-14-6-9-17-38(32)42(39(33)23-28)36-15-7-4-12-30(36)31-13-5-8-16-37(31)42/h2-25H,1H3. The van der Waals surface area contributed by atoms with E-state index in [0.717, 1.165) is 0 Å². The van der Waals surface area contributed by atoms with Crippen molar-refractivity contribution in [1.29, 1.82) is 0 Å². The highest BCUT2D eigenvalue weighted by molar-refractivity contribution is 6.13. The van der Waals surface area contributed by atoms with Crippen molar-refractivity contribution in [2.24, 2.45) is 7.05 Å². The minimum Gasteiger partial charge on any atom is -0.344 e. The Morgan fingerprint density at radius 3 is 1.53 bits per heavy atom. The molecule has 0 radical (unpaired) electrons. The van der Waals surface area contributed by atoms with Gasteiger partial charge in [-0.15, -0.1) is 0 Å². The predicted octanol–water partition coefficient (Wildman–Crippen LogP) is 10.5. The molecule has 0 bridgehead atoms. The van der Waals surface area contributed by atoms with Gasteiger partial charge in [0.15, 0.2) is 0 Å². The number of aromatic nitrogens is 1. The molecule has 1 spiro atoms. The van der Waals surface area contributed by atoms with Crippen LogP contribution in [0, 0.1) is 0 Å². The highest BCUT2D eigenvalue weighted by atomic mass is 14.9. The van der Waals surface area contributed by atoms with E-state index in [9.17, 15) is 0 Å². The highest BCUT2D eigenvalue weighted by Gasteiger charge is 2.51. The van der Waals surface area contributed by atoms with E-state index in [0.29, 0.717) is 0 Å². The van der Waals surface area contributed by atoms with Crippen LogP contribution in [0.15, 0.2) is 146 Å². The maximum Gasteiger partial charge on any atom is 0.0725 e. The molecule has 2 aliphatic carbocycles. The minimum absolute atomic E-state index is 0.320. The van der Waals surface area contributed by atoms with Crippen LogP contribution in [0.3, 0.4) is 0 Å². The van der Waals surface area contributed by atoms with Crippen molar-refractivity contribution >= 4 is 32.6 Å². The molecule has 1 heteroatoms. The lowest BCUT2D eigenvalue weighted by atomic mass is 9.70. The number of benzene rings is 7. The molecule has 0 fully saturated rings. The molecule has 8 aromatic rings. The van der Waals surface area contributed by atoms with E-state index in [2.05, 4.69) is 157 Å². The summed E-state index contributed by atoms with van der Waals surface area (Å²) in [5, 5.41) is 5.18. The van der Waals surface area contributed by atoms with Gasteiger partial charge in [0.25, 0.3) is 0 Å². The van der Waals surface area contributed by atoms with Crippen molar-refractivity contribution in [3.8, 4) is 33.4 Å². The van der Waals surface area contributed by atoms with Gasteiger partial charge in [-0.05, 0) is 90.7 Å². The number of rotatable bonds is 1. The molecule has 7 aromatic carbocycles. The molecule has 0 N–H and O–H groups in total.